The molecule has 3 heteroatoms. The van der Waals surface area contributed by atoms with Gasteiger partial charge in [0.25, 0.3) is 0 Å². The molecule has 1 heterocycles. The maximum atomic E-state index is 11.2. The van der Waals surface area contributed by atoms with Crippen LogP contribution in [0, 0.1) is 0 Å². The smallest absolute Gasteiger partial charge is 0.321 e. The topological polar surface area (TPSA) is 32.3 Å². The van der Waals surface area contributed by atoms with E-state index in [0.717, 1.165) is 5.69 Å². The Morgan fingerprint density at radius 3 is 2.85 bits per heavy atom. The lowest BCUT2D eigenvalue weighted by molar-refractivity contribution is 0.218. The van der Waals surface area contributed by atoms with E-state index in [9.17, 15) is 4.79 Å². The molecule has 0 aliphatic carbocycles. The van der Waals surface area contributed by atoms with Gasteiger partial charge in [-0.3, -0.25) is 0 Å². The van der Waals surface area contributed by atoms with Crippen LogP contribution in [0.5, 0.6) is 0 Å². The van der Waals surface area contributed by atoms with Crippen LogP contribution in [0.4, 0.5) is 10.5 Å². The SMILES string of the molecule is C.CN1Cc2ccccc2NC1=O. The molecule has 0 unspecified atom stereocenters. The summed E-state index contributed by atoms with van der Waals surface area (Å²) in [5.74, 6) is 0. The highest BCUT2D eigenvalue weighted by Crippen LogP contribution is 2.21. The Balaban J connectivity index is 0.000000845. The Labute approximate surface area is 78.4 Å². The van der Waals surface area contributed by atoms with Gasteiger partial charge in [0.1, 0.15) is 0 Å². The molecule has 1 aliphatic heterocycles. The van der Waals surface area contributed by atoms with Crippen molar-refractivity contribution in [3.63, 3.8) is 0 Å². The molecule has 2 amide bonds. The van der Waals surface area contributed by atoms with Crippen LogP contribution in [0.3, 0.4) is 0 Å². The Morgan fingerprint density at radius 1 is 1.38 bits per heavy atom. The highest BCUT2D eigenvalue weighted by molar-refractivity contribution is 5.91. The van der Waals surface area contributed by atoms with Crippen molar-refractivity contribution in [2.75, 3.05) is 12.4 Å². The molecule has 3 nitrogen and oxygen atoms in total. The molecule has 1 aromatic carbocycles. The van der Waals surface area contributed by atoms with Crippen LogP contribution in [0.15, 0.2) is 24.3 Å². The number of nitrogens with one attached hydrogen (secondary N) is 1. The van der Waals surface area contributed by atoms with Crippen LogP contribution in [0.25, 0.3) is 0 Å². The zero-order chi connectivity index (χ0) is 8.55. The van der Waals surface area contributed by atoms with E-state index < -0.39 is 0 Å². The number of urea groups is 1. The molecule has 0 saturated carbocycles. The molecular weight excluding hydrogens is 164 g/mol. The first-order chi connectivity index (χ1) is 5.77. The van der Waals surface area contributed by atoms with Gasteiger partial charge in [-0.05, 0) is 11.6 Å². The van der Waals surface area contributed by atoms with Crippen LogP contribution < -0.4 is 5.32 Å². The summed E-state index contributed by atoms with van der Waals surface area (Å²) in [7, 11) is 1.78. The highest BCUT2D eigenvalue weighted by Gasteiger charge is 2.17. The molecule has 0 aromatic heterocycles. The predicted molar refractivity (Wildman–Crippen MR) is 53.7 cm³/mol. The van der Waals surface area contributed by atoms with E-state index in [1.807, 2.05) is 24.3 Å². The number of para-hydroxylation sites is 1. The number of nitrogens with zero attached hydrogens (tertiary/aromatic N) is 1. The third-order valence-electron chi connectivity index (χ3n) is 2.01. The zero-order valence-corrected chi connectivity index (χ0v) is 6.87. The van der Waals surface area contributed by atoms with Gasteiger partial charge in [-0.1, -0.05) is 25.6 Å². The number of benzene rings is 1. The van der Waals surface area contributed by atoms with Crippen molar-refractivity contribution in [3.05, 3.63) is 29.8 Å². The summed E-state index contributed by atoms with van der Waals surface area (Å²) in [4.78, 5) is 12.8. The van der Waals surface area contributed by atoms with Crippen molar-refractivity contribution in [1.29, 1.82) is 0 Å². The van der Waals surface area contributed by atoms with Gasteiger partial charge >= 0.3 is 6.03 Å². The molecule has 0 bridgehead atoms. The molecule has 0 saturated heterocycles. The van der Waals surface area contributed by atoms with Crippen LogP contribution in [-0.4, -0.2) is 18.0 Å². The average Bonchev–Trinajstić information content (AvgIpc) is 2.07. The van der Waals surface area contributed by atoms with Gasteiger partial charge in [0.2, 0.25) is 0 Å². The van der Waals surface area contributed by atoms with Crippen molar-refractivity contribution in [1.82, 2.24) is 4.90 Å². The summed E-state index contributed by atoms with van der Waals surface area (Å²) in [6.45, 7) is 0.696. The Bertz CT molecular complexity index is 322. The summed E-state index contributed by atoms with van der Waals surface area (Å²) in [5.41, 5.74) is 2.10. The second-order valence-corrected chi connectivity index (χ2v) is 2.94. The molecule has 0 fully saturated rings. The van der Waals surface area contributed by atoms with Crippen molar-refractivity contribution < 1.29 is 4.79 Å². The fraction of sp³-hybridized carbons (Fsp3) is 0.300. The summed E-state index contributed by atoms with van der Waals surface area (Å²) < 4.78 is 0. The Morgan fingerprint density at radius 2 is 2.08 bits per heavy atom. The molecule has 13 heavy (non-hydrogen) atoms. The van der Waals surface area contributed by atoms with Gasteiger partial charge in [-0.25, -0.2) is 4.79 Å². The fourth-order valence-corrected chi connectivity index (χ4v) is 1.32. The fourth-order valence-electron chi connectivity index (χ4n) is 1.32. The summed E-state index contributed by atoms with van der Waals surface area (Å²) in [5, 5.41) is 2.80. The van der Waals surface area contributed by atoms with E-state index in [4.69, 9.17) is 0 Å². The Hall–Kier alpha value is -1.51. The van der Waals surface area contributed by atoms with E-state index in [2.05, 4.69) is 5.32 Å². The maximum absolute atomic E-state index is 11.2. The average molecular weight is 178 g/mol. The first-order valence-electron chi connectivity index (χ1n) is 3.87. The van der Waals surface area contributed by atoms with Crippen molar-refractivity contribution in [2.45, 2.75) is 14.0 Å². The number of amides is 2. The van der Waals surface area contributed by atoms with Crippen LogP contribution in [0.2, 0.25) is 0 Å². The number of hydrogen-bond acceptors (Lipinski definition) is 1. The van der Waals surface area contributed by atoms with E-state index in [-0.39, 0.29) is 13.5 Å². The maximum Gasteiger partial charge on any atom is 0.321 e. The van der Waals surface area contributed by atoms with E-state index in [0.29, 0.717) is 6.54 Å². The van der Waals surface area contributed by atoms with Crippen LogP contribution in [0.1, 0.15) is 13.0 Å². The van der Waals surface area contributed by atoms with Gasteiger partial charge in [0.15, 0.2) is 0 Å². The zero-order valence-electron chi connectivity index (χ0n) is 6.87. The summed E-state index contributed by atoms with van der Waals surface area (Å²) in [6, 6.07) is 7.80. The lowest BCUT2D eigenvalue weighted by atomic mass is 10.1. The molecular formula is C10H14N2O. The van der Waals surface area contributed by atoms with Crippen LogP contribution >= 0.6 is 0 Å². The molecule has 0 radical (unpaired) electrons. The monoisotopic (exact) mass is 178 g/mol. The van der Waals surface area contributed by atoms with Crippen LogP contribution in [-0.2, 0) is 6.54 Å². The third kappa shape index (κ3) is 1.64. The van der Waals surface area contributed by atoms with E-state index in [1.165, 1.54) is 5.56 Å². The van der Waals surface area contributed by atoms with Crippen molar-refractivity contribution >= 4 is 11.7 Å². The molecule has 1 aliphatic rings. The predicted octanol–water partition coefficient (Wildman–Crippen LogP) is 2.30. The Kier molecular flexibility index (Phi) is 2.56. The second-order valence-electron chi connectivity index (χ2n) is 2.94. The molecule has 70 valence electrons. The minimum Gasteiger partial charge on any atom is -0.323 e. The molecule has 1 N–H and O–H groups in total. The van der Waals surface area contributed by atoms with E-state index in [1.54, 1.807) is 11.9 Å². The molecule has 2 rings (SSSR count). The number of fused-ring (bicyclic) bond motifs is 1. The second kappa shape index (κ2) is 3.47. The quantitative estimate of drug-likeness (QED) is 0.649. The lowest BCUT2D eigenvalue weighted by Gasteiger charge is -2.25. The summed E-state index contributed by atoms with van der Waals surface area (Å²) >= 11 is 0. The summed E-state index contributed by atoms with van der Waals surface area (Å²) in [6.07, 6.45) is 0. The first kappa shape index (κ1) is 9.58. The van der Waals surface area contributed by atoms with E-state index >= 15 is 0 Å². The van der Waals surface area contributed by atoms with Gasteiger partial charge in [-0.2, -0.15) is 0 Å². The minimum absolute atomic E-state index is 0. The first-order valence-corrected chi connectivity index (χ1v) is 3.87. The molecule has 1 aromatic rings. The number of anilines is 1. The van der Waals surface area contributed by atoms with Gasteiger partial charge in [0.05, 0.1) is 0 Å². The van der Waals surface area contributed by atoms with Gasteiger partial charge < -0.3 is 10.2 Å². The third-order valence-corrected chi connectivity index (χ3v) is 2.01. The minimum atomic E-state index is -0.0336. The normalized spacial score (nSPS) is 14.2. The van der Waals surface area contributed by atoms with Crippen molar-refractivity contribution in [3.8, 4) is 0 Å². The van der Waals surface area contributed by atoms with Gasteiger partial charge in [-0.15, -0.1) is 0 Å². The van der Waals surface area contributed by atoms with Gasteiger partial charge in [0, 0.05) is 19.3 Å². The lowest BCUT2D eigenvalue weighted by Crippen LogP contribution is -2.35. The number of carbonyl (C=O) groups is 1. The number of hydrogen-bond donors (Lipinski definition) is 1. The largest absolute Gasteiger partial charge is 0.323 e. The molecule has 0 atom stereocenters. The molecule has 0 spiro atoms. The number of carbonyl (C=O) groups excluding carboxylic acids is 1. The number of rotatable bonds is 0. The highest BCUT2D eigenvalue weighted by atomic mass is 16.2. The van der Waals surface area contributed by atoms with Crippen molar-refractivity contribution in [2.24, 2.45) is 0 Å². The standard InChI is InChI=1S/C9H10N2O.CH4/c1-11-6-7-4-2-3-5-8(7)10-9(11)12;/h2-5H,6H2,1H3,(H,10,12);1H4.